The molecule has 0 aliphatic carbocycles. The van der Waals surface area contributed by atoms with Crippen molar-refractivity contribution in [3.8, 4) is 34.1 Å². The normalized spacial score (nSPS) is 10.9. The van der Waals surface area contributed by atoms with Crippen molar-refractivity contribution < 1.29 is 9.47 Å². The zero-order valence-corrected chi connectivity index (χ0v) is 15.4. The van der Waals surface area contributed by atoms with E-state index in [1.165, 1.54) is 0 Å². The Hall–Kier alpha value is -3.32. The number of anilines is 1. The van der Waals surface area contributed by atoms with E-state index in [-0.39, 0.29) is 0 Å². The molecular formula is C19H16ClN5O2. The summed E-state index contributed by atoms with van der Waals surface area (Å²) >= 11 is 6.06. The quantitative estimate of drug-likeness (QED) is 0.542. The van der Waals surface area contributed by atoms with Gasteiger partial charge in [-0.2, -0.15) is 9.61 Å². The van der Waals surface area contributed by atoms with Crippen LogP contribution in [0, 0.1) is 0 Å². The van der Waals surface area contributed by atoms with Crippen LogP contribution in [0.1, 0.15) is 0 Å². The summed E-state index contributed by atoms with van der Waals surface area (Å²) in [5, 5.41) is 13.7. The lowest BCUT2D eigenvalue weighted by molar-refractivity contribution is 0.416. The highest BCUT2D eigenvalue weighted by Crippen LogP contribution is 2.32. The van der Waals surface area contributed by atoms with Crippen LogP contribution < -0.4 is 15.2 Å². The number of hydrogen-bond acceptors (Lipinski definition) is 6. The first kappa shape index (κ1) is 17.1. The third-order valence-electron chi connectivity index (χ3n) is 4.19. The van der Waals surface area contributed by atoms with Gasteiger partial charge in [-0.3, -0.25) is 0 Å². The summed E-state index contributed by atoms with van der Waals surface area (Å²) in [7, 11) is 3.16. The summed E-state index contributed by atoms with van der Waals surface area (Å²) in [6.45, 7) is 0. The second kappa shape index (κ2) is 6.77. The molecule has 0 saturated carbocycles. The molecule has 7 nitrogen and oxygen atoms in total. The topological polar surface area (TPSA) is 87.6 Å². The number of fused-ring (bicyclic) bond motifs is 1. The molecule has 0 fully saturated rings. The van der Waals surface area contributed by atoms with Gasteiger partial charge in [0.1, 0.15) is 11.5 Å². The van der Waals surface area contributed by atoms with Crippen LogP contribution in [0.2, 0.25) is 5.02 Å². The van der Waals surface area contributed by atoms with E-state index in [1.54, 1.807) is 30.9 Å². The van der Waals surface area contributed by atoms with Crippen molar-refractivity contribution in [1.82, 2.24) is 19.8 Å². The van der Waals surface area contributed by atoms with Crippen molar-refractivity contribution in [2.75, 3.05) is 20.0 Å². The molecule has 0 aliphatic rings. The van der Waals surface area contributed by atoms with E-state index < -0.39 is 0 Å². The second-order valence-corrected chi connectivity index (χ2v) is 6.25. The first-order valence-electron chi connectivity index (χ1n) is 8.11. The molecular weight excluding hydrogens is 366 g/mol. The Labute approximate surface area is 160 Å². The summed E-state index contributed by atoms with van der Waals surface area (Å²) in [5.41, 5.74) is 9.51. The number of ether oxygens (including phenoxy) is 2. The molecule has 0 atom stereocenters. The van der Waals surface area contributed by atoms with Crippen LogP contribution in [-0.2, 0) is 0 Å². The zero-order chi connectivity index (χ0) is 19.0. The number of nitrogen functional groups attached to an aromatic ring is 1. The maximum Gasteiger partial charge on any atom is 0.189 e. The van der Waals surface area contributed by atoms with Crippen molar-refractivity contribution in [3.63, 3.8) is 0 Å². The summed E-state index contributed by atoms with van der Waals surface area (Å²) in [6, 6.07) is 14.6. The number of methoxy groups -OCH3 is 2. The van der Waals surface area contributed by atoms with Gasteiger partial charge in [0.25, 0.3) is 0 Å². The van der Waals surface area contributed by atoms with Crippen LogP contribution in [0.3, 0.4) is 0 Å². The largest absolute Gasteiger partial charge is 0.496 e. The minimum atomic E-state index is 0.542. The monoisotopic (exact) mass is 381 g/mol. The Kier molecular flexibility index (Phi) is 4.29. The first-order valence-corrected chi connectivity index (χ1v) is 8.49. The molecule has 0 spiro atoms. The van der Waals surface area contributed by atoms with E-state index in [4.69, 9.17) is 26.8 Å². The highest BCUT2D eigenvalue weighted by atomic mass is 35.5. The lowest BCUT2D eigenvalue weighted by Gasteiger charge is -2.09. The summed E-state index contributed by atoms with van der Waals surface area (Å²) in [4.78, 5) is 0. The number of rotatable bonds is 4. The molecule has 0 amide bonds. The maximum absolute atomic E-state index is 6.06. The predicted molar refractivity (Wildman–Crippen MR) is 104 cm³/mol. The fourth-order valence-electron chi connectivity index (χ4n) is 2.85. The van der Waals surface area contributed by atoms with Gasteiger partial charge in [0.2, 0.25) is 0 Å². The fraction of sp³-hybridized carbons (Fsp3) is 0.105. The number of nitrogens with two attached hydrogens (primary N) is 1. The van der Waals surface area contributed by atoms with Crippen LogP contribution in [0.5, 0.6) is 11.5 Å². The van der Waals surface area contributed by atoms with E-state index >= 15 is 0 Å². The van der Waals surface area contributed by atoms with Gasteiger partial charge in [0.05, 0.1) is 31.2 Å². The van der Waals surface area contributed by atoms with E-state index in [0.717, 1.165) is 16.8 Å². The van der Waals surface area contributed by atoms with Gasteiger partial charge >= 0.3 is 0 Å². The molecule has 0 radical (unpaired) electrons. The molecule has 4 rings (SSSR count). The lowest BCUT2D eigenvalue weighted by atomic mass is 10.1. The molecule has 0 saturated heterocycles. The summed E-state index contributed by atoms with van der Waals surface area (Å²) in [6.07, 6.45) is 0. The third kappa shape index (κ3) is 3.02. The van der Waals surface area contributed by atoms with Crippen molar-refractivity contribution in [3.05, 3.63) is 53.6 Å². The predicted octanol–water partition coefficient (Wildman–Crippen LogP) is 3.71. The molecule has 4 aromatic rings. The molecule has 2 aromatic carbocycles. The summed E-state index contributed by atoms with van der Waals surface area (Å²) < 4.78 is 12.3. The second-order valence-electron chi connectivity index (χ2n) is 5.81. The van der Waals surface area contributed by atoms with Crippen LogP contribution >= 0.6 is 11.6 Å². The van der Waals surface area contributed by atoms with Crippen molar-refractivity contribution in [2.24, 2.45) is 0 Å². The number of halogens is 1. The van der Waals surface area contributed by atoms with E-state index in [1.807, 2.05) is 36.4 Å². The number of nitrogens with zero attached hydrogens (tertiary/aromatic N) is 4. The van der Waals surface area contributed by atoms with Gasteiger partial charge in [0, 0.05) is 10.6 Å². The molecule has 2 aromatic heterocycles. The van der Waals surface area contributed by atoms with Gasteiger partial charge in [0.15, 0.2) is 11.5 Å². The minimum absolute atomic E-state index is 0.542. The van der Waals surface area contributed by atoms with Gasteiger partial charge in [-0.25, -0.2) is 0 Å². The molecule has 2 heterocycles. The fourth-order valence-corrected chi connectivity index (χ4v) is 3.02. The van der Waals surface area contributed by atoms with Crippen LogP contribution in [0.4, 0.5) is 5.69 Å². The molecule has 0 bridgehead atoms. The molecule has 2 N–H and O–H groups in total. The molecule has 136 valence electrons. The molecule has 8 heteroatoms. The lowest BCUT2D eigenvalue weighted by Crippen LogP contribution is -1.99. The number of aromatic nitrogens is 4. The Morgan fingerprint density at radius 2 is 1.74 bits per heavy atom. The minimum Gasteiger partial charge on any atom is -0.496 e. The van der Waals surface area contributed by atoms with Crippen LogP contribution in [0.15, 0.2) is 48.5 Å². The highest BCUT2D eigenvalue weighted by Gasteiger charge is 2.15. The van der Waals surface area contributed by atoms with Crippen molar-refractivity contribution in [2.45, 2.75) is 0 Å². The van der Waals surface area contributed by atoms with Crippen molar-refractivity contribution >= 4 is 22.9 Å². The van der Waals surface area contributed by atoms with Gasteiger partial charge in [-0.15, -0.1) is 10.2 Å². The Morgan fingerprint density at radius 1 is 0.926 bits per heavy atom. The maximum atomic E-state index is 6.06. The Balaban J connectivity index is 1.86. The van der Waals surface area contributed by atoms with Crippen LogP contribution in [0.25, 0.3) is 28.3 Å². The molecule has 27 heavy (non-hydrogen) atoms. The molecule has 0 unspecified atom stereocenters. The summed E-state index contributed by atoms with van der Waals surface area (Å²) in [5.74, 6) is 1.77. The van der Waals surface area contributed by atoms with Gasteiger partial charge in [-0.05, 0) is 48.5 Å². The Bertz CT molecular complexity index is 1140. The third-order valence-corrected chi connectivity index (χ3v) is 4.43. The number of benzene rings is 2. The van der Waals surface area contributed by atoms with Gasteiger partial charge in [-0.1, -0.05) is 11.6 Å². The smallest absolute Gasteiger partial charge is 0.189 e. The van der Waals surface area contributed by atoms with E-state index in [0.29, 0.717) is 33.7 Å². The zero-order valence-electron chi connectivity index (χ0n) is 14.7. The average Bonchev–Trinajstić information content (AvgIpc) is 3.10. The standard InChI is InChI=1S/C19H16ClN5O2/c1-26-16-7-3-11(9-14(16)21)15-6-8-18-22-23-19(25(18)24-15)13-5-4-12(20)10-17(13)27-2/h3-10H,21H2,1-2H3. The average molecular weight is 382 g/mol. The Morgan fingerprint density at radius 3 is 2.48 bits per heavy atom. The van der Waals surface area contributed by atoms with Crippen molar-refractivity contribution in [1.29, 1.82) is 0 Å². The van der Waals surface area contributed by atoms with Crippen LogP contribution in [-0.4, -0.2) is 34.0 Å². The first-order chi connectivity index (χ1) is 13.1. The number of hydrogen-bond donors (Lipinski definition) is 1. The van der Waals surface area contributed by atoms with Gasteiger partial charge < -0.3 is 15.2 Å². The van der Waals surface area contributed by atoms with E-state index in [2.05, 4.69) is 15.3 Å². The highest BCUT2D eigenvalue weighted by molar-refractivity contribution is 6.30. The SMILES string of the molecule is COc1ccc(-c2ccc3nnc(-c4ccc(Cl)cc4OC)n3n2)cc1N. The van der Waals surface area contributed by atoms with E-state index in [9.17, 15) is 0 Å². The molecule has 0 aliphatic heterocycles.